The maximum absolute atomic E-state index is 11.2. The van der Waals surface area contributed by atoms with Crippen LogP contribution in [0.15, 0.2) is 0 Å². The highest BCUT2D eigenvalue weighted by atomic mass is 16.6. The van der Waals surface area contributed by atoms with Gasteiger partial charge in [-0.25, -0.2) is 4.79 Å². The van der Waals surface area contributed by atoms with Crippen molar-refractivity contribution in [3.05, 3.63) is 0 Å². The van der Waals surface area contributed by atoms with Gasteiger partial charge in [0.15, 0.2) is 5.78 Å². The Balaban J connectivity index is 2.37. The van der Waals surface area contributed by atoms with Gasteiger partial charge in [0, 0.05) is 13.0 Å². The van der Waals surface area contributed by atoms with Crippen molar-refractivity contribution in [2.45, 2.75) is 18.9 Å². The van der Waals surface area contributed by atoms with E-state index in [0.717, 1.165) is 0 Å². The summed E-state index contributed by atoms with van der Waals surface area (Å²) in [5.74, 6) is 0.114. The topological polar surface area (TPSA) is 46.6 Å². The minimum atomic E-state index is -0.642. The Kier molecular flexibility index (Phi) is 1.06. The molecule has 2 saturated heterocycles. The number of fused-ring (bicyclic) bond motifs is 1. The summed E-state index contributed by atoms with van der Waals surface area (Å²) >= 11 is 0. The summed E-state index contributed by atoms with van der Waals surface area (Å²) in [6.45, 7) is 2.51. The molecule has 1 unspecified atom stereocenters. The van der Waals surface area contributed by atoms with Crippen LogP contribution in [-0.2, 0) is 9.53 Å². The molecule has 2 rings (SSSR count). The molecule has 4 heteroatoms. The van der Waals surface area contributed by atoms with Crippen molar-refractivity contribution in [3.8, 4) is 0 Å². The maximum Gasteiger partial charge on any atom is 0.410 e. The minimum absolute atomic E-state index is 0.114. The van der Waals surface area contributed by atoms with Crippen molar-refractivity contribution in [2.24, 2.45) is 0 Å². The molecule has 2 fully saturated rings. The van der Waals surface area contributed by atoms with Gasteiger partial charge < -0.3 is 4.74 Å². The number of carbonyl (C=O) groups is 2. The number of nitrogens with zero attached hydrogens (tertiary/aromatic N) is 1. The van der Waals surface area contributed by atoms with Crippen LogP contribution in [0.25, 0.3) is 0 Å². The molecule has 0 radical (unpaired) electrons. The van der Waals surface area contributed by atoms with Crippen LogP contribution in [0.1, 0.15) is 13.3 Å². The van der Waals surface area contributed by atoms with Gasteiger partial charge in [-0.1, -0.05) is 0 Å². The third kappa shape index (κ3) is 0.640. The average molecular weight is 155 g/mol. The molecule has 0 N–H and O–H groups in total. The highest BCUT2D eigenvalue weighted by Gasteiger charge is 2.52. The van der Waals surface area contributed by atoms with Crippen molar-refractivity contribution in [3.63, 3.8) is 0 Å². The van der Waals surface area contributed by atoms with Crippen LogP contribution in [0.2, 0.25) is 0 Å². The first-order chi connectivity index (χ1) is 5.14. The summed E-state index contributed by atoms with van der Waals surface area (Å²) in [7, 11) is 0. The molecule has 2 heterocycles. The molecule has 0 aromatic carbocycles. The number of hydrogen-bond donors (Lipinski definition) is 0. The first-order valence-electron chi connectivity index (χ1n) is 3.62. The number of cyclic esters (lactones) is 1. The third-order valence-electron chi connectivity index (χ3n) is 2.46. The summed E-state index contributed by atoms with van der Waals surface area (Å²) in [5, 5.41) is 0. The molecule has 1 amide bonds. The molecule has 0 bridgehead atoms. The van der Waals surface area contributed by atoms with Crippen molar-refractivity contribution in [1.29, 1.82) is 0 Å². The second-order valence-corrected chi connectivity index (χ2v) is 3.15. The lowest BCUT2D eigenvalue weighted by Gasteiger charge is -2.20. The molecule has 0 aliphatic carbocycles. The predicted molar refractivity (Wildman–Crippen MR) is 36.1 cm³/mol. The monoisotopic (exact) mass is 155 g/mol. The number of Topliss-reactive ketones (excluding diaryl/α,β-unsaturated/α-hetero) is 1. The van der Waals surface area contributed by atoms with Crippen molar-refractivity contribution >= 4 is 11.9 Å². The van der Waals surface area contributed by atoms with E-state index in [1.165, 1.54) is 4.90 Å². The van der Waals surface area contributed by atoms with Gasteiger partial charge in [-0.15, -0.1) is 0 Å². The van der Waals surface area contributed by atoms with E-state index in [4.69, 9.17) is 4.74 Å². The fourth-order valence-corrected chi connectivity index (χ4v) is 1.61. The van der Waals surface area contributed by atoms with Crippen LogP contribution in [0.3, 0.4) is 0 Å². The van der Waals surface area contributed by atoms with Crippen LogP contribution >= 0.6 is 0 Å². The van der Waals surface area contributed by atoms with E-state index in [9.17, 15) is 9.59 Å². The number of rotatable bonds is 0. The third-order valence-corrected chi connectivity index (χ3v) is 2.46. The lowest BCUT2D eigenvalue weighted by Crippen LogP contribution is -2.43. The zero-order chi connectivity index (χ0) is 8.06. The van der Waals surface area contributed by atoms with Crippen LogP contribution in [0.4, 0.5) is 4.79 Å². The van der Waals surface area contributed by atoms with E-state index in [1.807, 2.05) is 0 Å². The number of carbonyl (C=O) groups excluding carboxylic acids is 2. The zero-order valence-electron chi connectivity index (χ0n) is 6.29. The van der Waals surface area contributed by atoms with Gasteiger partial charge in [0.05, 0.1) is 0 Å². The highest BCUT2D eigenvalue weighted by molar-refractivity contribution is 5.96. The summed E-state index contributed by atoms with van der Waals surface area (Å²) in [4.78, 5) is 23.7. The second kappa shape index (κ2) is 1.75. The molecule has 1 atom stereocenters. The second-order valence-electron chi connectivity index (χ2n) is 3.15. The molecule has 11 heavy (non-hydrogen) atoms. The van der Waals surface area contributed by atoms with Crippen LogP contribution in [-0.4, -0.2) is 35.5 Å². The predicted octanol–water partition coefficient (Wildman–Crippen LogP) is 0.170. The van der Waals surface area contributed by atoms with Gasteiger partial charge >= 0.3 is 6.09 Å². The standard InChI is InChI=1S/C7H9NO3/c1-7-4-11-6(10)8(7)3-2-5(7)9/h2-4H2,1H3. The number of ketones is 1. The molecule has 2 aliphatic heterocycles. The Hall–Kier alpha value is -1.06. The van der Waals surface area contributed by atoms with Gasteiger partial charge in [0.1, 0.15) is 12.1 Å². The van der Waals surface area contributed by atoms with E-state index in [0.29, 0.717) is 13.0 Å². The maximum atomic E-state index is 11.2. The molecule has 4 nitrogen and oxygen atoms in total. The Bertz CT molecular complexity index is 238. The highest BCUT2D eigenvalue weighted by Crippen LogP contribution is 2.31. The molecule has 0 aromatic heterocycles. The summed E-state index contributed by atoms with van der Waals surface area (Å²) in [6, 6.07) is 0. The first-order valence-corrected chi connectivity index (χ1v) is 3.62. The number of hydrogen-bond acceptors (Lipinski definition) is 3. The molecular formula is C7H9NO3. The van der Waals surface area contributed by atoms with E-state index >= 15 is 0 Å². The number of ether oxygens (including phenoxy) is 1. The SMILES string of the molecule is CC12COC(=O)N1CCC2=O. The molecule has 2 aliphatic rings. The van der Waals surface area contributed by atoms with E-state index in [-0.39, 0.29) is 18.5 Å². The van der Waals surface area contributed by atoms with Crippen LogP contribution in [0.5, 0.6) is 0 Å². The van der Waals surface area contributed by atoms with E-state index in [1.54, 1.807) is 6.92 Å². The van der Waals surface area contributed by atoms with Crippen LogP contribution in [0, 0.1) is 0 Å². The Morgan fingerprint density at radius 1 is 1.55 bits per heavy atom. The summed E-state index contributed by atoms with van der Waals surface area (Å²) in [6.07, 6.45) is 0.129. The minimum Gasteiger partial charge on any atom is -0.446 e. The normalized spacial score (nSPS) is 35.9. The smallest absolute Gasteiger partial charge is 0.410 e. The molecule has 0 saturated carbocycles. The van der Waals surface area contributed by atoms with E-state index in [2.05, 4.69) is 0 Å². The fourth-order valence-electron chi connectivity index (χ4n) is 1.61. The lowest BCUT2D eigenvalue weighted by molar-refractivity contribution is -0.123. The van der Waals surface area contributed by atoms with E-state index < -0.39 is 5.54 Å². The first kappa shape index (κ1) is 6.64. The summed E-state index contributed by atoms with van der Waals surface area (Å²) in [5.41, 5.74) is -0.642. The quantitative estimate of drug-likeness (QED) is 0.501. The molecular weight excluding hydrogens is 146 g/mol. The van der Waals surface area contributed by atoms with Crippen molar-refractivity contribution < 1.29 is 14.3 Å². The molecule has 0 aromatic rings. The Labute approximate surface area is 64.1 Å². The molecule has 60 valence electrons. The molecule has 0 spiro atoms. The van der Waals surface area contributed by atoms with Crippen molar-refractivity contribution in [1.82, 2.24) is 4.90 Å². The Morgan fingerprint density at radius 2 is 2.27 bits per heavy atom. The van der Waals surface area contributed by atoms with Gasteiger partial charge in [0.25, 0.3) is 0 Å². The van der Waals surface area contributed by atoms with Gasteiger partial charge in [-0.05, 0) is 6.92 Å². The van der Waals surface area contributed by atoms with Crippen LogP contribution < -0.4 is 0 Å². The fraction of sp³-hybridized carbons (Fsp3) is 0.714. The zero-order valence-corrected chi connectivity index (χ0v) is 6.29. The number of amides is 1. The Morgan fingerprint density at radius 3 is 2.91 bits per heavy atom. The average Bonchev–Trinajstić information content (AvgIpc) is 2.39. The van der Waals surface area contributed by atoms with Gasteiger partial charge in [-0.2, -0.15) is 0 Å². The van der Waals surface area contributed by atoms with Gasteiger partial charge in [-0.3, -0.25) is 9.69 Å². The summed E-state index contributed by atoms with van der Waals surface area (Å²) < 4.78 is 4.76. The largest absolute Gasteiger partial charge is 0.446 e. The van der Waals surface area contributed by atoms with Crippen molar-refractivity contribution in [2.75, 3.05) is 13.2 Å². The lowest BCUT2D eigenvalue weighted by atomic mass is 10.0. The van der Waals surface area contributed by atoms with Gasteiger partial charge in [0.2, 0.25) is 0 Å².